The summed E-state index contributed by atoms with van der Waals surface area (Å²) < 4.78 is 0. The second-order valence-corrected chi connectivity index (χ2v) is 4.40. The molecule has 1 heterocycles. The van der Waals surface area contributed by atoms with Gasteiger partial charge < -0.3 is 15.5 Å². The molecule has 1 aromatic rings. The van der Waals surface area contributed by atoms with Gasteiger partial charge in [-0.3, -0.25) is 0 Å². The van der Waals surface area contributed by atoms with Crippen LogP contribution in [0.1, 0.15) is 24.2 Å². The maximum atomic E-state index is 11.0. The number of aliphatic hydroxyl groups excluding tert-OH is 1. The minimum atomic E-state index is -1.09. The maximum Gasteiger partial charge on any atom is 0.339 e. The number of halogens is 1. The summed E-state index contributed by atoms with van der Waals surface area (Å²) in [5.41, 5.74) is 0.0356. The van der Waals surface area contributed by atoms with Gasteiger partial charge in [0.15, 0.2) is 0 Å². The Morgan fingerprint density at radius 3 is 2.65 bits per heavy atom. The molecule has 1 rings (SSSR count). The SMILES string of the molecule is CC(C)C(CO)Nc1nc(Cl)ccc1C(=O)O. The number of anilines is 1. The summed E-state index contributed by atoms with van der Waals surface area (Å²) >= 11 is 5.72. The second-order valence-electron chi connectivity index (χ2n) is 4.01. The first-order chi connectivity index (χ1) is 7.95. The number of carboxylic acids is 1. The Kier molecular flexibility index (Phi) is 4.72. The fourth-order valence-electron chi connectivity index (χ4n) is 1.32. The number of nitrogens with zero attached hydrogens (tertiary/aromatic N) is 1. The van der Waals surface area contributed by atoms with Gasteiger partial charge in [-0.05, 0) is 18.1 Å². The first-order valence-corrected chi connectivity index (χ1v) is 5.60. The van der Waals surface area contributed by atoms with Crippen molar-refractivity contribution in [2.24, 2.45) is 5.92 Å². The van der Waals surface area contributed by atoms with E-state index >= 15 is 0 Å². The number of aliphatic hydroxyl groups is 1. The highest BCUT2D eigenvalue weighted by Gasteiger charge is 2.17. The van der Waals surface area contributed by atoms with E-state index < -0.39 is 5.97 Å². The van der Waals surface area contributed by atoms with Gasteiger partial charge in [0.2, 0.25) is 0 Å². The zero-order valence-electron chi connectivity index (χ0n) is 9.64. The lowest BCUT2D eigenvalue weighted by Gasteiger charge is -2.21. The van der Waals surface area contributed by atoms with E-state index in [9.17, 15) is 9.90 Å². The molecule has 1 atom stereocenters. The number of hydrogen-bond donors (Lipinski definition) is 3. The highest BCUT2D eigenvalue weighted by atomic mass is 35.5. The van der Waals surface area contributed by atoms with Crippen molar-refractivity contribution >= 4 is 23.4 Å². The minimum Gasteiger partial charge on any atom is -0.478 e. The summed E-state index contributed by atoms with van der Waals surface area (Å²) in [5, 5.41) is 21.3. The summed E-state index contributed by atoms with van der Waals surface area (Å²) in [6.07, 6.45) is 0. The van der Waals surface area contributed by atoms with Crippen LogP contribution in [0, 0.1) is 5.92 Å². The van der Waals surface area contributed by atoms with E-state index in [4.69, 9.17) is 16.7 Å². The molecule has 0 fully saturated rings. The van der Waals surface area contributed by atoms with Crippen LogP contribution in [0.2, 0.25) is 5.15 Å². The Labute approximate surface area is 104 Å². The lowest BCUT2D eigenvalue weighted by molar-refractivity contribution is 0.0697. The number of nitrogens with one attached hydrogen (secondary N) is 1. The summed E-state index contributed by atoms with van der Waals surface area (Å²) in [5.74, 6) is -0.766. The third-order valence-electron chi connectivity index (χ3n) is 2.42. The van der Waals surface area contributed by atoms with Gasteiger partial charge in [-0.2, -0.15) is 0 Å². The molecule has 0 aliphatic carbocycles. The number of pyridine rings is 1. The van der Waals surface area contributed by atoms with Crippen LogP contribution in [-0.2, 0) is 0 Å². The maximum absolute atomic E-state index is 11.0. The Morgan fingerprint density at radius 2 is 2.18 bits per heavy atom. The first kappa shape index (κ1) is 13.7. The van der Waals surface area contributed by atoms with E-state index in [0.717, 1.165) is 0 Å². The van der Waals surface area contributed by atoms with Crippen molar-refractivity contribution in [3.05, 3.63) is 22.8 Å². The third kappa shape index (κ3) is 3.57. The highest BCUT2D eigenvalue weighted by molar-refractivity contribution is 6.29. The molecule has 1 unspecified atom stereocenters. The Morgan fingerprint density at radius 1 is 1.53 bits per heavy atom. The largest absolute Gasteiger partial charge is 0.478 e. The van der Waals surface area contributed by atoms with E-state index in [1.165, 1.54) is 12.1 Å². The molecule has 0 saturated carbocycles. The molecule has 0 amide bonds. The van der Waals surface area contributed by atoms with Crippen molar-refractivity contribution in [2.45, 2.75) is 19.9 Å². The van der Waals surface area contributed by atoms with Gasteiger partial charge in [0, 0.05) is 0 Å². The number of rotatable bonds is 5. The molecular weight excluding hydrogens is 244 g/mol. The van der Waals surface area contributed by atoms with Gasteiger partial charge in [0.1, 0.15) is 16.5 Å². The van der Waals surface area contributed by atoms with Crippen molar-refractivity contribution in [1.82, 2.24) is 4.98 Å². The molecule has 0 aliphatic rings. The van der Waals surface area contributed by atoms with Crippen LogP contribution in [-0.4, -0.2) is 33.8 Å². The number of aromatic carboxylic acids is 1. The summed E-state index contributed by atoms with van der Waals surface area (Å²) in [4.78, 5) is 14.9. The molecule has 0 spiro atoms. The zero-order valence-corrected chi connectivity index (χ0v) is 10.4. The molecule has 94 valence electrons. The lowest BCUT2D eigenvalue weighted by Crippen LogP contribution is -2.30. The van der Waals surface area contributed by atoms with Crippen LogP contribution in [0.4, 0.5) is 5.82 Å². The number of carboxylic acid groups (broad SMARTS) is 1. The fourth-order valence-corrected chi connectivity index (χ4v) is 1.46. The zero-order chi connectivity index (χ0) is 13.0. The van der Waals surface area contributed by atoms with Crippen LogP contribution in [0.5, 0.6) is 0 Å². The van der Waals surface area contributed by atoms with Crippen molar-refractivity contribution < 1.29 is 15.0 Å². The van der Waals surface area contributed by atoms with E-state index in [1.807, 2.05) is 13.8 Å². The van der Waals surface area contributed by atoms with Crippen molar-refractivity contribution in [1.29, 1.82) is 0 Å². The van der Waals surface area contributed by atoms with Gasteiger partial charge in [-0.15, -0.1) is 0 Å². The smallest absolute Gasteiger partial charge is 0.339 e. The van der Waals surface area contributed by atoms with E-state index in [1.54, 1.807) is 0 Å². The van der Waals surface area contributed by atoms with Gasteiger partial charge in [-0.25, -0.2) is 9.78 Å². The lowest BCUT2D eigenvalue weighted by atomic mass is 10.1. The summed E-state index contributed by atoms with van der Waals surface area (Å²) in [6.45, 7) is 3.72. The minimum absolute atomic E-state index is 0.0356. The van der Waals surface area contributed by atoms with Crippen LogP contribution in [0.25, 0.3) is 0 Å². The number of hydrogen-bond acceptors (Lipinski definition) is 4. The van der Waals surface area contributed by atoms with E-state index in [0.29, 0.717) is 0 Å². The third-order valence-corrected chi connectivity index (χ3v) is 2.63. The molecule has 0 aliphatic heterocycles. The molecule has 0 radical (unpaired) electrons. The predicted octanol–water partition coefficient (Wildman–Crippen LogP) is 1.86. The molecule has 5 nitrogen and oxygen atoms in total. The fraction of sp³-hybridized carbons (Fsp3) is 0.455. The number of carbonyl (C=O) groups is 1. The van der Waals surface area contributed by atoms with Crippen molar-refractivity contribution in [3.63, 3.8) is 0 Å². The van der Waals surface area contributed by atoms with Gasteiger partial charge in [0.25, 0.3) is 0 Å². The van der Waals surface area contributed by atoms with Crippen LogP contribution in [0.15, 0.2) is 12.1 Å². The molecule has 17 heavy (non-hydrogen) atoms. The van der Waals surface area contributed by atoms with Gasteiger partial charge in [-0.1, -0.05) is 25.4 Å². The summed E-state index contributed by atoms with van der Waals surface area (Å²) in [6, 6.07) is 2.54. The molecule has 0 saturated heterocycles. The van der Waals surface area contributed by atoms with E-state index in [-0.39, 0.29) is 35.1 Å². The molecule has 0 aromatic carbocycles. The Balaban J connectivity index is 3.03. The average molecular weight is 259 g/mol. The number of aromatic nitrogens is 1. The van der Waals surface area contributed by atoms with Crippen molar-refractivity contribution in [3.8, 4) is 0 Å². The van der Waals surface area contributed by atoms with Crippen LogP contribution < -0.4 is 5.32 Å². The first-order valence-electron chi connectivity index (χ1n) is 5.23. The van der Waals surface area contributed by atoms with Crippen LogP contribution >= 0.6 is 11.6 Å². The quantitative estimate of drug-likeness (QED) is 0.703. The molecular formula is C11H15ClN2O3. The average Bonchev–Trinajstić information content (AvgIpc) is 2.25. The Hall–Kier alpha value is -1.33. The Bertz CT molecular complexity index is 410. The summed E-state index contributed by atoms with van der Waals surface area (Å²) in [7, 11) is 0. The standard InChI is InChI=1S/C11H15ClN2O3/c1-6(2)8(5-15)13-10-7(11(16)17)3-4-9(12)14-10/h3-4,6,8,15H,5H2,1-2H3,(H,13,14)(H,16,17). The molecule has 6 heteroatoms. The molecule has 1 aromatic heterocycles. The van der Waals surface area contributed by atoms with Gasteiger partial charge >= 0.3 is 5.97 Å². The van der Waals surface area contributed by atoms with Gasteiger partial charge in [0.05, 0.1) is 12.6 Å². The topological polar surface area (TPSA) is 82.5 Å². The monoisotopic (exact) mass is 258 g/mol. The molecule has 0 bridgehead atoms. The van der Waals surface area contributed by atoms with Crippen LogP contribution in [0.3, 0.4) is 0 Å². The van der Waals surface area contributed by atoms with Crippen molar-refractivity contribution in [2.75, 3.05) is 11.9 Å². The van der Waals surface area contributed by atoms with E-state index in [2.05, 4.69) is 10.3 Å². The second kappa shape index (κ2) is 5.84. The normalized spacial score (nSPS) is 12.5. The predicted molar refractivity (Wildman–Crippen MR) is 65.5 cm³/mol. The highest BCUT2D eigenvalue weighted by Crippen LogP contribution is 2.19. The molecule has 3 N–H and O–H groups in total.